The number of hydrogen-bond acceptors (Lipinski definition) is 4. The van der Waals surface area contributed by atoms with Gasteiger partial charge in [-0.3, -0.25) is 0 Å². The number of nitrogens with two attached hydrogens (primary N) is 1. The minimum Gasteiger partial charge on any atom is -0.326 e. The molecule has 0 fully saturated rings. The van der Waals surface area contributed by atoms with Crippen LogP contribution in [0.15, 0.2) is 29.2 Å². The molecule has 9 heteroatoms. The quantitative estimate of drug-likeness (QED) is 0.851. The van der Waals surface area contributed by atoms with Gasteiger partial charge < -0.3 is 5.73 Å². The second kappa shape index (κ2) is 6.60. The molecule has 0 unspecified atom stereocenters. The van der Waals surface area contributed by atoms with E-state index < -0.39 is 20.7 Å². The SMILES string of the molecule is NCc1cc(Cl)cc(S(=O)(=O)NCc2ccc(Cl)s2)c1F. The first-order valence-electron chi connectivity index (χ1n) is 5.75. The number of benzene rings is 1. The Bertz CT molecular complexity index is 763. The highest BCUT2D eigenvalue weighted by Gasteiger charge is 2.22. The van der Waals surface area contributed by atoms with Crippen LogP contribution in [-0.4, -0.2) is 8.42 Å². The molecule has 21 heavy (non-hydrogen) atoms. The maximum Gasteiger partial charge on any atom is 0.243 e. The van der Waals surface area contributed by atoms with Gasteiger partial charge in [0.1, 0.15) is 10.7 Å². The molecule has 0 aliphatic rings. The lowest BCUT2D eigenvalue weighted by molar-refractivity contribution is 0.550. The van der Waals surface area contributed by atoms with Gasteiger partial charge >= 0.3 is 0 Å². The van der Waals surface area contributed by atoms with Crippen LogP contribution in [0.2, 0.25) is 9.36 Å². The van der Waals surface area contributed by atoms with Crippen molar-refractivity contribution in [3.8, 4) is 0 Å². The molecule has 2 rings (SSSR count). The summed E-state index contributed by atoms with van der Waals surface area (Å²) in [6, 6.07) is 5.70. The highest BCUT2D eigenvalue weighted by molar-refractivity contribution is 7.89. The van der Waals surface area contributed by atoms with Crippen LogP contribution in [0.25, 0.3) is 0 Å². The zero-order valence-electron chi connectivity index (χ0n) is 10.6. The number of sulfonamides is 1. The highest BCUT2D eigenvalue weighted by Crippen LogP contribution is 2.25. The summed E-state index contributed by atoms with van der Waals surface area (Å²) in [6.45, 7) is -0.126. The van der Waals surface area contributed by atoms with E-state index in [-0.39, 0.29) is 23.7 Å². The molecule has 114 valence electrons. The maximum absolute atomic E-state index is 14.1. The summed E-state index contributed by atoms with van der Waals surface area (Å²) in [5, 5.41) is 0.108. The Labute approximate surface area is 135 Å². The van der Waals surface area contributed by atoms with E-state index in [2.05, 4.69) is 4.72 Å². The minimum absolute atomic E-state index is 0.0175. The van der Waals surface area contributed by atoms with Gasteiger partial charge in [-0.1, -0.05) is 23.2 Å². The topological polar surface area (TPSA) is 72.2 Å². The predicted molar refractivity (Wildman–Crippen MR) is 82.7 cm³/mol. The van der Waals surface area contributed by atoms with Crippen molar-refractivity contribution in [2.75, 3.05) is 0 Å². The van der Waals surface area contributed by atoms with Crippen molar-refractivity contribution in [1.29, 1.82) is 0 Å². The van der Waals surface area contributed by atoms with Gasteiger partial charge in [0.2, 0.25) is 10.0 Å². The lowest BCUT2D eigenvalue weighted by Crippen LogP contribution is -2.24. The summed E-state index contributed by atoms with van der Waals surface area (Å²) in [5.74, 6) is -0.890. The van der Waals surface area contributed by atoms with Crippen LogP contribution in [0.5, 0.6) is 0 Å². The third kappa shape index (κ3) is 3.94. The molecule has 1 heterocycles. The lowest BCUT2D eigenvalue weighted by atomic mass is 10.2. The normalized spacial score (nSPS) is 11.8. The van der Waals surface area contributed by atoms with E-state index in [9.17, 15) is 12.8 Å². The second-order valence-corrected chi connectivity index (χ2v) is 8.08. The number of rotatable bonds is 5. The first kappa shape index (κ1) is 16.7. The number of halogens is 3. The second-order valence-electron chi connectivity index (χ2n) is 4.11. The number of thiophene rings is 1. The fourth-order valence-electron chi connectivity index (χ4n) is 1.65. The van der Waals surface area contributed by atoms with Crippen molar-refractivity contribution in [2.45, 2.75) is 18.0 Å². The zero-order chi connectivity index (χ0) is 15.6. The molecular formula is C12H11Cl2FN2O2S2. The molecule has 0 bridgehead atoms. The van der Waals surface area contributed by atoms with Crippen LogP contribution in [-0.2, 0) is 23.1 Å². The average molecular weight is 369 g/mol. The third-order valence-electron chi connectivity index (χ3n) is 2.65. The van der Waals surface area contributed by atoms with E-state index in [4.69, 9.17) is 28.9 Å². The maximum atomic E-state index is 14.1. The molecule has 0 saturated heterocycles. The molecular weight excluding hydrogens is 358 g/mol. The van der Waals surface area contributed by atoms with Crippen LogP contribution in [0.1, 0.15) is 10.4 Å². The fraction of sp³-hybridized carbons (Fsp3) is 0.167. The first-order chi connectivity index (χ1) is 9.83. The van der Waals surface area contributed by atoms with Crippen molar-refractivity contribution in [3.05, 3.63) is 49.9 Å². The summed E-state index contributed by atoms with van der Waals surface area (Å²) in [5.41, 5.74) is 5.42. The number of hydrogen-bond donors (Lipinski definition) is 2. The Kier molecular flexibility index (Phi) is 5.24. The molecule has 0 amide bonds. The van der Waals surface area contributed by atoms with Crippen molar-refractivity contribution in [2.24, 2.45) is 5.73 Å². The van der Waals surface area contributed by atoms with Crippen molar-refractivity contribution in [1.82, 2.24) is 4.72 Å². The smallest absolute Gasteiger partial charge is 0.243 e. The van der Waals surface area contributed by atoms with Gasteiger partial charge in [0, 0.05) is 28.6 Å². The van der Waals surface area contributed by atoms with Gasteiger partial charge in [-0.15, -0.1) is 11.3 Å². The lowest BCUT2D eigenvalue weighted by Gasteiger charge is -2.10. The Morgan fingerprint density at radius 3 is 2.57 bits per heavy atom. The molecule has 1 aromatic carbocycles. The van der Waals surface area contributed by atoms with Crippen LogP contribution < -0.4 is 10.5 Å². The molecule has 0 atom stereocenters. The van der Waals surface area contributed by atoms with Gasteiger partial charge in [0.15, 0.2) is 0 Å². The molecule has 0 saturated carbocycles. The summed E-state index contributed by atoms with van der Waals surface area (Å²) in [6.07, 6.45) is 0. The van der Waals surface area contributed by atoms with Crippen LogP contribution in [0.3, 0.4) is 0 Å². The standard InChI is InChI=1S/C12H11Cl2FN2O2S2/c13-8-3-7(5-16)12(15)10(4-8)21(18,19)17-6-9-1-2-11(14)20-9/h1-4,17H,5-6,16H2. The largest absolute Gasteiger partial charge is 0.326 e. The highest BCUT2D eigenvalue weighted by atomic mass is 35.5. The van der Waals surface area contributed by atoms with Gasteiger partial charge in [-0.05, 0) is 24.3 Å². The van der Waals surface area contributed by atoms with Crippen LogP contribution in [0, 0.1) is 5.82 Å². The molecule has 0 spiro atoms. The van der Waals surface area contributed by atoms with Crippen molar-refractivity contribution < 1.29 is 12.8 Å². The van der Waals surface area contributed by atoms with Gasteiger partial charge in [-0.25, -0.2) is 17.5 Å². The summed E-state index contributed by atoms with van der Waals surface area (Å²) in [7, 11) is -4.04. The minimum atomic E-state index is -4.04. The molecule has 1 aromatic heterocycles. The van der Waals surface area contributed by atoms with E-state index in [1.54, 1.807) is 12.1 Å². The Morgan fingerprint density at radius 2 is 2.00 bits per heavy atom. The predicted octanol–water partition coefficient (Wildman–Crippen LogP) is 3.13. The summed E-state index contributed by atoms with van der Waals surface area (Å²) >= 11 is 12.8. The molecule has 4 nitrogen and oxygen atoms in total. The molecule has 0 aliphatic carbocycles. The van der Waals surface area contributed by atoms with Crippen LogP contribution in [0.4, 0.5) is 4.39 Å². The summed E-state index contributed by atoms with van der Waals surface area (Å²) < 4.78 is 41.3. The monoisotopic (exact) mass is 368 g/mol. The fourth-order valence-corrected chi connectivity index (χ4v) is 4.23. The summed E-state index contributed by atoms with van der Waals surface area (Å²) in [4.78, 5) is 0.197. The van der Waals surface area contributed by atoms with Gasteiger partial charge in [0.05, 0.1) is 4.34 Å². The van der Waals surface area contributed by atoms with Crippen molar-refractivity contribution >= 4 is 44.6 Å². The Hall–Kier alpha value is -0.700. The Morgan fingerprint density at radius 1 is 1.29 bits per heavy atom. The first-order valence-corrected chi connectivity index (χ1v) is 8.81. The molecule has 2 aromatic rings. The van der Waals surface area contributed by atoms with E-state index in [1.807, 2.05) is 0 Å². The van der Waals surface area contributed by atoms with E-state index in [0.29, 0.717) is 9.21 Å². The zero-order valence-corrected chi connectivity index (χ0v) is 13.7. The molecule has 0 radical (unpaired) electrons. The average Bonchev–Trinajstić information content (AvgIpc) is 2.84. The van der Waals surface area contributed by atoms with Gasteiger partial charge in [0.25, 0.3) is 0 Å². The Balaban J connectivity index is 2.29. The molecule has 3 N–H and O–H groups in total. The third-order valence-corrected chi connectivity index (χ3v) is 5.50. The molecule has 0 aliphatic heterocycles. The van der Waals surface area contributed by atoms with E-state index >= 15 is 0 Å². The number of nitrogens with one attached hydrogen (secondary N) is 1. The van der Waals surface area contributed by atoms with Crippen LogP contribution >= 0.6 is 34.5 Å². The van der Waals surface area contributed by atoms with Crippen molar-refractivity contribution in [3.63, 3.8) is 0 Å². The van der Waals surface area contributed by atoms with Gasteiger partial charge in [-0.2, -0.15) is 0 Å². The van der Waals surface area contributed by atoms with E-state index in [0.717, 1.165) is 6.07 Å². The van der Waals surface area contributed by atoms with E-state index in [1.165, 1.54) is 17.4 Å².